The molecule has 0 N–H and O–H groups in total. The Kier molecular flexibility index (Phi) is 2.31. The van der Waals surface area contributed by atoms with Crippen LogP contribution in [0.4, 0.5) is 0 Å². The predicted molar refractivity (Wildman–Crippen MR) is 78.6 cm³/mol. The third-order valence-corrected chi connectivity index (χ3v) is 5.01. The van der Waals surface area contributed by atoms with Crippen molar-refractivity contribution < 1.29 is 9.15 Å². The molecule has 2 aromatic rings. The van der Waals surface area contributed by atoms with Gasteiger partial charge in [0.1, 0.15) is 18.1 Å². The van der Waals surface area contributed by atoms with Crippen molar-refractivity contribution in [3.05, 3.63) is 39.2 Å². The number of aryl methyl sites for hydroxylation is 1. The van der Waals surface area contributed by atoms with Crippen LogP contribution in [0.1, 0.15) is 36.0 Å². The highest BCUT2D eigenvalue weighted by Gasteiger charge is 2.33. The molecule has 0 amide bonds. The average molecular weight is 283 g/mol. The van der Waals surface area contributed by atoms with E-state index in [2.05, 4.69) is 11.0 Å². The minimum atomic E-state index is -0.146. The molecule has 2 heterocycles. The molecule has 5 rings (SSSR count). The van der Waals surface area contributed by atoms with Gasteiger partial charge in [-0.3, -0.25) is 4.90 Å². The van der Waals surface area contributed by atoms with Crippen LogP contribution in [0, 0.1) is 0 Å². The van der Waals surface area contributed by atoms with Gasteiger partial charge in [-0.2, -0.15) is 0 Å². The van der Waals surface area contributed by atoms with Crippen molar-refractivity contribution in [1.29, 1.82) is 0 Å². The van der Waals surface area contributed by atoms with Crippen molar-refractivity contribution in [3.8, 4) is 5.75 Å². The maximum Gasteiger partial charge on any atom is 0.339 e. The largest absolute Gasteiger partial charge is 0.478 e. The number of fused-ring (bicyclic) bond motifs is 5. The molecule has 3 aliphatic rings. The van der Waals surface area contributed by atoms with Crippen LogP contribution >= 0.6 is 0 Å². The first-order chi connectivity index (χ1) is 10.3. The van der Waals surface area contributed by atoms with E-state index in [0.29, 0.717) is 12.8 Å². The molecule has 108 valence electrons. The van der Waals surface area contributed by atoms with Crippen molar-refractivity contribution in [2.24, 2.45) is 0 Å². The number of nitrogens with zero attached hydrogens (tertiary/aromatic N) is 1. The summed E-state index contributed by atoms with van der Waals surface area (Å²) in [6.07, 6.45) is 5.41. The van der Waals surface area contributed by atoms with Gasteiger partial charge >= 0.3 is 5.63 Å². The fraction of sp³-hybridized carbons (Fsp3) is 0.471. The molecule has 4 heteroatoms. The standard InChI is InChI=1S/C17H17NO3/c19-17-13-3-1-2-11(13)12-6-7-15-14(16(12)21-17)8-18(9-20-15)10-4-5-10/h6-7,10H,1-5,8-9H2. The van der Waals surface area contributed by atoms with Crippen LogP contribution in [0.3, 0.4) is 0 Å². The fourth-order valence-electron chi connectivity index (χ4n) is 3.74. The van der Waals surface area contributed by atoms with Crippen molar-refractivity contribution in [3.63, 3.8) is 0 Å². The van der Waals surface area contributed by atoms with E-state index in [1.54, 1.807) is 0 Å². The Balaban J connectivity index is 1.74. The van der Waals surface area contributed by atoms with Gasteiger partial charge in [-0.25, -0.2) is 4.79 Å². The summed E-state index contributed by atoms with van der Waals surface area (Å²) in [4.78, 5) is 14.6. The maximum atomic E-state index is 12.2. The monoisotopic (exact) mass is 283 g/mol. The number of hydrogen-bond donors (Lipinski definition) is 0. The molecule has 1 saturated carbocycles. The van der Waals surface area contributed by atoms with E-state index in [0.717, 1.165) is 53.7 Å². The minimum absolute atomic E-state index is 0.146. The Bertz CT molecular complexity index is 804. The van der Waals surface area contributed by atoms with E-state index in [9.17, 15) is 4.79 Å². The quantitative estimate of drug-likeness (QED) is 0.754. The van der Waals surface area contributed by atoms with E-state index in [1.807, 2.05) is 6.07 Å². The van der Waals surface area contributed by atoms with Gasteiger partial charge in [-0.1, -0.05) is 0 Å². The summed E-state index contributed by atoms with van der Waals surface area (Å²) < 4.78 is 11.6. The van der Waals surface area contributed by atoms with Gasteiger partial charge in [0.2, 0.25) is 0 Å². The molecular weight excluding hydrogens is 266 g/mol. The lowest BCUT2D eigenvalue weighted by Crippen LogP contribution is -2.33. The lowest BCUT2D eigenvalue weighted by molar-refractivity contribution is 0.0885. The molecule has 0 spiro atoms. The van der Waals surface area contributed by atoms with E-state index >= 15 is 0 Å². The van der Waals surface area contributed by atoms with Crippen molar-refractivity contribution in [2.75, 3.05) is 6.73 Å². The molecule has 0 bridgehead atoms. The first kappa shape index (κ1) is 11.8. The number of ether oxygens (including phenoxy) is 1. The second-order valence-electron chi connectivity index (χ2n) is 6.37. The SMILES string of the molecule is O=c1oc2c3c(ccc2c2c1CCC2)OCN(C1CC1)C3. The lowest BCUT2D eigenvalue weighted by atomic mass is 10.0. The smallest absolute Gasteiger partial charge is 0.339 e. The van der Waals surface area contributed by atoms with Gasteiger partial charge in [0.25, 0.3) is 0 Å². The zero-order valence-electron chi connectivity index (χ0n) is 11.9. The Labute approximate surface area is 122 Å². The zero-order chi connectivity index (χ0) is 14.0. The van der Waals surface area contributed by atoms with Crippen LogP contribution in [-0.2, 0) is 19.4 Å². The van der Waals surface area contributed by atoms with Crippen LogP contribution in [0.15, 0.2) is 21.3 Å². The van der Waals surface area contributed by atoms with E-state index in [-0.39, 0.29) is 5.63 Å². The molecule has 0 atom stereocenters. The van der Waals surface area contributed by atoms with E-state index in [4.69, 9.17) is 9.15 Å². The Morgan fingerprint density at radius 1 is 1.10 bits per heavy atom. The van der Waals surface area contributed by atoms with E-state index in [1.165, 1.54) is 18.4 Å². The summed E-state index contributed by atoms with van der Waals surface area (Å²) in [6.45, 7) is 1.48. The number of rotatable bonds is 1. The summed E-state index contributed by atoms with van der Waals surface area (Å²) in [5.41, 5.74) is 3.75. The normalized spacial score (nSPS) is 21.1. The molecule has 21 heavy (non-hydrogen) atoms. The number of benzene rings is 1. The van der Waals surface area contributed by atoms with E-state index < -0.39 is 0 Å². The topological polar surface area (TPSA) is 42.7 Å². The van der Waals surface area contributed by atoms with Gasteiger partial charge in [0.15, 0.2) is 0 Å². The fourth-order valence-corrected chi connectivity index (χ4v) is 3.74. The van der Waals surface area contributed by atoms with Crippen LogP contribution in [-0.4, -0.2) is 17.7 Å². The Morgan fingerprint density at radius 2 is 1.95 bits per heavy atom. The zero-order valence-corrected chi connectivity index (χ0v) is 11.9. The summed E-state index contributed by atoms with van der Waals surface area (Å²) >= 11 is 0. The van der Waals surface area contributed by atoms with Crippen molar-refractivity contribution >= 4 is 11.0 Å². The first-order valence-electron chi connectivity index (χ1n) is 7.78. The van der Waals surface area contributed by atoms with Crippen LogP contribution in [0.25, 0.3) is 11.0 Å². The lowest BCUT2D eigenvalue weighted by Gasteiger charge is -2.29. The maximum absolute atomic E-state index is 12.2. The molecule has 1 fully saturated rings. The van der Waals surface area contributed by atoms with Gasteiger partial charge < -0.3 is 9.15 Å². The summed E-state index contributed by atoms with van der Waals surface area (Å²) in [5, 5.41) is 1.11. The molecule has 1 aromatic carbocycles. The Hall–Kier alpha value is -1.81. The third kappa shape index (κ3) is 1.69. The van der Waals surface area contributed by atoms with Gasteiger partial charge in [-0.15, -0.1) is 0 Å². The molecular formula is C17H17NO3. The van der Waals surface area contributed by atoms with Crippen molar-refractivity contribution in [2.45, 2.75) is 44.7 Å². The predicted octanol–water partition coefficient (Wildman–Crippen LogP) is 2.60. The highest BCUT2D eigenvalue weighted by molar-refractivity contribution is 5.86. The summed E-state index contributed by atoms with van der Waals surface area (Å²) in [5.74, 6) is 0.875. The summed E-state index contributed by atoms with van der Waals surface area (Å²) in [7, 11) is 0. The molecule has 0 saturated heterocycles. The number of hydrogen-bond acceptors (Lipinski definition) is 4. The first-order valence-corrected chi connectivity index (χ1v) is 7.78. The molecule has 1 aliphatic heterocycles. The highest BCUT2D eigenvalue weighted by atomic mass is 16.5. The van der Waals surface area contributed by atoms with Gasteiger partial charge in [0, 0.05) is 23.5 Å². The molecule has 1 aromatic heterocycles. The molecule has 0 unspecified atom stereocenters. The van der Waals surface area contributed by atoms with Crippen molar-refractivity contribution in [1.82, 2.24) is 4.90 Å². The second-order valence-corrected chi connectivity index (χ2v) is 6.37. The van der Waals surface area contributed by atoms with Gasteiger partial charge in [0.05, 0.1) is 5.56 Å². The van der Waals surface area contributed by atoms with Crippen LogP contribution in [0.2, 0.25) is 0 Å². The van der Waals surface area contributed by atoms with Crippen LogP contribution in [0.5, 0.6) is 5.75 Å². The molecule has 2 aliphatic carbocycles. The Morgan fingerprint density at radius 3 is 2.81 bits per heavy atom. The third-order valence-electron chi connectivity index (χ3n) is 5.01. The average Bonchev–Trinajstić information content (AvgIpc) is 3.23. The summed E-state index contributed by atoms with van der Waals surface area (Å²) in [6, 6.07) is 4.75. The second kappa shape index (κ2) is 4.10. The molecule has 0 radical (unpaired) electrons. The van der Waals surface area contributed by atoms with Crippen LogP contribution < -0.4 is 10.4 Å². The van der Waals surface area contributed by atoms with Gasteiger partial charge in [-0.05, 0) is 49.8 Å². The molecule has 4 nitrogen and oxygen atoms in total. The highest BCUT2D eigenvalue weighted by Crippen LogP contribution is 2.38. The minimum Gasteiger partial charge on any atom is -0.478 e.